The number of ether oxygens (including phenoxy) is 1. The number of nitrogens with two attached hydrogens (primary N) is 1. The van der Waals surface area contributed by atoms with Gasteiger partial charge in [0.2, 0.25) is 11.8 Å². The second-order valence-electron chi connectivity index (χ2n) is 7.06. The van der Waals surface area contributed by atoms with E-state index in [2.05, 4.69) is 19.2 Å². The first kappa shape index (κ1) is 21.4. The van der Waals surface area contributed by atoms with Crippen LogP contribution in [-0.2, 0) is 16.0 Å². The maximum atomic E-state index is 13.0. The summed E-state index contributed by atoms with van der Waals surface area (Å²) in [5, 5.41) is 2.71. The monoisotopic (exact) mass is 386 g/mol. The number of halogens is 1. The summed E-state index contributed by atoms with van der Waals surface area (Å²) in [5.41, 5.74) is 7.43. The molecule has 1 atom stereocenters. The molecule has 0 fully saturated rings. The molecule has 0 aliphatic heterocycles. The average Bonchev–Trinajstić information content (AvgIpc) is 2.66. The quantitative estimate of drug-likeness (QED) is 0.658. The molecule has 28 heavy (non-hydrogen) atoms. The van der Waals surface area contributed by atoms with Gasteiger partial charge in [-0.15, -0.1) is 0 Å². The van der Waals surface area contributed by atoms with Crippen LogP contribution in [0.15, 0.2) is 48.5 Å². The van der Waals surface area contributed by atoms with E-state index in [-0.39, 0.29) is 31.3 Å². The molecule has 0 aliphatic rings. The summed E-state index contributed by atoms with van der Waals surface area (Å²) in [6, 6.07) is 13.7. The van der Waals surface area contributed by atoms with E-state index in [1.165, 1.54) is 17.7 Å². The van der Waals surface area contributed by atoms with Crippen molar-refractivity contribution in [2.24, 2.45) is 11.7 Å². The Hall–Kier alpha value is -2.89. The highest BCUT2D eigenvalue weighted by atomic mass is 19.1. The molecule has 2 aromatic carbocycles. The topological polar surface area (TPSA) is 81.4 Å². The summed E-state index contributed by atoms with van der Waals surface area (Å²) in [4.78, 5) is 23.6. The van der Waals surface area contributed by atoms with Crippen LogP contribution in [0.4, 0.5) is 4.39 Å². The van der Waals surface area contributed by atoms with Crippen molar-refractivity contribution in [1.82, 2.24) is 5.32 Å². The molecule has 0 aromatic heterocycles. The summed E-state index contributed by atoms with van der Waals surface area (Å²) in [6.45, 7) is 4.62. The third-order valence-corrected chi connectivity index (χ3v) is 4.49. The fourth-order valence-electron chi connectivity index (χ4n) is 2.71. The van der Waals surface area contributed by atoms with Gasteiger partial charge in [0.25, 0.3) is 0 Å². The lowest BCUT2D eigenvalue weighted by molar-refractivity contribution is -0.123. The van der Waals surface area contributed by atoms with Gasteiger partial charge in [-0.1, -0.05) is 38.1 Å². The number of hydrogen-bond donors (Lipinski definition) is 2. The Morgan fingerprint density at radius 1 is 1.07 bits per heavy atom. The summed E-state index contributed by atoms with van der Waals surface area (Å²) < 4.78 is 18.6. The minimum atomic E-state index is -0.557. The highest BCUT2D eigenvalue weighted by Gasteiger charge is 2.17. The van der Waals surface area contributed by atoms with Gasteiger partial charge in [0.1, 0.15) is 11.6 Å². The van der Waals surface area contributed by atoms with Crippen LogP contribution < -0.4 is 15.8 Å². The number of benzene rings is 2. The van der Waals surface area contributed by atoms with Crippen LogP contribution >= 0.6 is 0 Å². The van der Waals surface area contributed by atoms with Gasteiger partial charge in [0.15, 0.2) is 0 Å². The maximum Gasteiger partial charge on any atom is 0.223 e. The highest BCUT2D eigenvalue weighted by molar-refractivity contribution is 5.79. The molecule has 0 saturated carbocycles. The largest absolute Gasteiger partial charge is 0.493 e. The number of rotatable bonds is 10. The Morgan fingerprint density at radius 2 is 1.71 bits per heavy atom. The van der Waals surface area contributed by atoms with Crippen LogP contribution in [0.2, 0.25) is 0 Å². The number of hydrogen-bond acceptors (Lipinski definition) is 3. The van der Waals surface area contributed by atoms with Crippen LogP contribution in [0.1, 0.15) is 37.3 Å². The van der Waals surface area contributed by atoms with Gasteiger partial charge in [-0.25, -0.2) is 4.39 Å². The molecule has 0 heterocycles. The molecule has 2 aromatic rings. The normalized spacial score (nSPS) is 11.9. The molecule has 0 radical (unpaired) electrons. The van der Waals surface area contributed by atoms with Gasteiger partial charge in [-0.05, 0) is 47.7 Å². The third kappa shape index (κ3) is 7.02. The van der Waals surface area contributed by atoms with Crippen molar-refractivity contribution in [2.75, 3.05) is 13.2 Å². The summed E-state index contributed by atoms with van der Waals surface area (Å²) in [7, 11) is 0. The zero-order chi connectivity index (χ0) is 20.5. The molecule has 5 nitrogen and oxygen atoms in total. The second kappa shape index (κ2) is 10.4. The van der Waals surface area contributed by atoms with E-state index in [1.54, 1.807) is 12.1 Å². The van der Waals surface area contributed by atoms with E-state index in [1.807, 2.05) is 24.3 Å². The lowest BCUT2D eigenvalue weighted by atomic mass is 9.98. The van der Waals surface area contributed by atoms with Crippen molar-refractivity contribution in [1.29, 1.82) is 0 Å². The first-order chi connectivity index (χ1) is 13.3. The smallest absolute Gasteiger partial charge is 0.223 e. The maximum absolute atomic E-state index is 13.0. The van der Waals surface area contributed by atoms with Gasteiger partial charge >= 0.3 is 0 Å². The van der Waals surface area contributed by atoms with Crippen molar-refractivity contribution >= 4 is 11.8 Å². The summed E-state index contributed by atoms with van der Waals surface area (Å²) in [5.74, 6) is -0.461. The molecule has 0 bridgehead atoms. The molecule has 3 N–H and O–H groups in total. The Labute approximate surface area is 165 Å². The van der Waals surface area contributed by atoms with Gasteiger partial charge in [0.05, 0.1) is 18.9 Å². The molecule has 0 spiro atoms. The van der Waals surface area contributed by atoms with E-state index < -0.39 is 11.8 Å². The SMILES string of the molecule is CC(C)c1ccc(OCCC(=O)NCC(Cc2ccc(F)cc2)C(N)=O)cc1. The van der Waals surface area contributed by atoms with E-state index in [4.69, 9.17) is 10.5 Å². The van der Waals surface area contributed by atoms with Gasteiger partial charge in [-0.2, -0.15) is 0 Å². The van der Waals surface area contributed by atoms with Crippen molar-refractivity contribution in [3.05, 3.63) is 65.5 Å². The van der Waals surface area contributed by atoms with E-state index in [9.17, 15) is 14.0 Å². The first-order valence-electron chi connectivity index (χ1n) is 9.38. The number of amides is 2. The van der Waals surface area contributed by atoms with Gasteiger partial charge < -0.3 is 15.8 Å². The third-order valence-electron chi connectivity index (χ3n) is 4.49. The average molecular weight is 386 g/mol. The van der Waals surface area contributed by atoms with Crippen LogP contribution in [0.5, 0.6) is 5.75 Å². The number of carbonyl (C=O) groups excluding carboxylic acids is 2. The van der Waals surface area contributed by atoms with Crippen LogP contribution in [-0.4, -0.2) is 25.0 Å². The van der Waals surface area contributed by atoms with E-state index >= 15 is 0 Å². The van der Waals surface area contributed by atoms with E-state index in [0.717, 1.165) is 5.56 Å². The molecule has 1 unspecified atom stereocenters. The number of carbonyl (C=O) groups is 2. The number of nitrogens with one attached hydrogen (secondary N) is 1. The lowest BCUT2D eigenvalue weighted by Crippen LogP contribution is -2.37. The number of primary amides is 1. The molecule has 2 amide bonds. The molecule has 6 heteroatoms. The molecule has 0 aliphatic carbocycles. The summed E-state index contributed by atoms with van der Waals surface area (Å²) >= 11 is 0. The van der Waals surface area contributed by atoms with Crippen LogP contribution in [0.3, 0.4) is 0 Å². The Balaban J connectivity index is 1.74. The highest BCUT2D eigenvalue weighted by Crippen LogP contribution is 2.18. The Bertz CT molecular complexity index is 773. The van der Waals surface area contributed by atoms with Gasteiger partial charge in [-0.3, -0.25) is 9.59 Å². The van der Waals surface area contributed by atoms with Crippen LogP contribution in [0.25, 0.3) is 0 Å². The minimum Gasteiger partial charge on any atom is -0.493 e. The Kier molecular flexibility index (Phi) is 7.99. The molecular formula is C22H27FN2O3. The van der Waals surface area contributed by atoms with Gasteiger partial charge in [0, 0.05) is 6.54 Å². The van der Waals surface area contributed by atoms with Crippen molar-refractivity contribution in [2.45, 2.75) is 32.6 Å². The lowest BCUT2D eigenvalue weighted by Gasteiger charge is -2.15. The molecule has 2 rings (SSSR count). The van der Waals surface area contributed by atoms with Crippen molar-refractivity contribution in [3.8, 4) is 5.75 Å². The fourth-order valence-corrected chi connectivity index (χ4v) is 2.71. The van der Waals surface area contributed by atoms with E-state index in [0.29, 0.717) is 18.1 Å². The second-order valence-corrected chi connectivity index (χ2v) is 7.06. The van der Waals surface area contributed by atoms with Crippen LogP contribution in [0, 0.1) is 11.7 Å². The minimum absolute atomic E-state index is 0.134. The van der Waals surface area contributed by atoms with Crippen molar-refractivity contribution in [3.63, 3.8) is 0 Å². The predicted octanol–water partition coefficient (Wildman–Crippen LogP) is 3.18. The molecule has 150 valence electrons. The predicted molar refractivity (Wildman–Crippen MR) is 106 cm³/mol. The Morgan fingerprint density at radius 3 is 2.29 bits per heavy atom. The first-order valence-corrected chi connectivity index (χ1v) is 9.38. The van der Waals surface area contributed by atoms with Crippen molar-refractivity contribution < 1.29 is 18.7 Å². The zero-order valence-electron chi connectivity index (χ0n) is 16.3. The molecular weight excluding hydrogens is 359 g/mol. The zero-order valence-corrected chi connectivity index (χ0v) is 16.3. The summed E-state index contributed by atoms with van der Waals surface area (Å²) in [6.07, 6.45) is 0.516. The standard InChI is InChI=1S/C22H27FN2O3/c1-15(2)17-5-9-20(10-6-17)28-12-11-21(26)25-14-18(22(24)27)13-16-3-7-19(23)8-4-16/h3-10,15,18H,11-14H2,1-2H3,(H2,24,27)(H,25,26). The molecule has 0 saturated heterocycles. The fraction of sp³-hybridized carbons (Fsp3) is 0.364.